The van der Waals surface area contributed by atoms with Crippen molar-refractivity contribution in [3.05, 3.63) is 88.5 Å². The zero-order chi connectivity index (χ0) is 18.1. The highest BCUT2D eigenvalue weighted by Gasteiger charge is 2.29. The lowest BCUT2D eigenvalue weighted by atomic mass is 9.77. The second kappa shape index (κ2) is 6.02. The molecule has 4 rings (SSSR count). The molecule has 0 aromatic heterocycles. The van der Waals surface area contributed by atoms with Crippen LogP contribution in [0.1, 0.15) is 22.3 Å². The molecule has 0 fully saturated rings. The van der Waals surface area contributed by atoms with Crippen LogP contribution in [0.2, 0.25) is 0 Å². The minimum Gasteiger partial charge on any atom is -0.192 e. The lowest BCUT2D eigenvalue weighted by Crippen LogP contribution is -2.17. The molecule has 0 N–H and O–H groups in total. The first-order valence-corrected chi connectivity index (χ1v) is 7.93. The van der Waals surface area contributed by atoms with Crippen LogP contribution in [0, 0.1) is 34.1 Å². The molecular weight excluding hydrogens is 320 g/mol. The summed E-state index contributed by atoms with van der Waals surface area (Å²) in [4.78, 5) is 4.10. The summed E-state index contributed by atoms with van der Waals surface area (Å²) in [6.45, 7) is 0. The predicted octanol–water partition coefficient (Wildman–Crippen LogP) is 4.32. The molecule has 0 unspecified atom stereocenters. The molecule has 4 heteroatoms. The van der Waals surface area contributed by atoms with Gasteiger partial charge in [0.05, 0.1) is 5.71 Å². The molecule has 26 heavy (non-hydrogen) atoms. The number of nitriles is 3. The van der Waals surface area contributed by atoms with Gasteiger partial charge in [0, 0.05) is 16.7 Å². The lowest BCUT2D eigenvalue weighted by Gasteiger charge is -2.25. The molecule has 4 nitrogen and oxygen atoms in total. The van der Waals surface area contributed by atoms with Gasteiger partial charge in [0.25, 0.3) is 0 Å². The van der Waals surface area contributed by atoms with E-state index in [0.717, 1.165) is 33.0 Å². The van der Waals surface area contributed by atoms with Crippen LogP contribution < -0.4 is 0 Å². The topological polar surface area (TPSA) is 83.7 Å². The van der Waals surface area contributed by atoms with Crippen molar-refractivity contribution in [2.24, 2.45) is 4.99 Å². The zero-order valence-corrected chi connectivity index (χ0v) is 13.6. The fraction of sp³-hybridized carbons (Fsp3) is 0. The SMILES string of the molecule is N#CN=C1c2ccccc2C(=C(C#N)C#N)c2ccc3ccccc3c21. The van der Waals surface area contributed by atoms with Gasteiger partial charge in [0.2, 0.25) is 6.19 Å². The fourth-order valence-corrected chi connectivity index (χ4v) is 3.49. The van der Waals surface area contributed by atoms with Crippen molar-refractivity contribution in [3.63, 3.8) is 0 Å². The van der Waals surface area contributed by atoms with E-state index in [-0.39, 0.29) is 5.57 Å². The first-order chi connectivity index (χ1) is 12.8. The van der Waals surface area contributed by atoms with Crippen molar-refractivity contribution in [3.8, 4) is 18.3 Å². The number of aliphatic imine (C=N–C) groups is 1. The van der Waals surface area contributed by atoms with Crippen LogP contribution in [-0.2, 0) is 0 Å². The summed E-state index contributed by atoms with van der Waals surface area (Å²) in [6.07, 6.45) is 1.90. The maximum Gasteiger partial charge on any atom is 0.206 e. The fourth-order valence-electron chi connectivity index (χ4n) is 3.49. The molecule has 0 saturated carbocycles. The van der Waals surface area contributed by atoms with Crippen molar-refractivity contribution >= 4 is 22.1 Å². The Morgan fingerprint density at radius 1 is 0.731 bits per heavy atom. The normalized spacial score (nSPS) is 13.3. The highest BCUT2D eigenvalue weighted by molar-refractivity contribution is 6.27. The van der Waals surface area contributed by atoms with Crippen LogP contribution >= 0.6 is 0 Å². The van der Waals surface area contributed by atoms with Crippen LogP contribution in [0.5, 0.6) is 0 Å². The van der Waals surface area contributed by atoms with E-state index >= 15 is 0 Å². The van der Waals surface area contributed by atoms with Crippen molar-refractivity contribution in [1.82, 2.24) is 0 Å². The molecule has 0 amide bonds. The Hall–Kier alpha value is -4.20. The Morgan fingerprint density at radius 2 is 1.42 bits per heavy atom. The number of fused-ring (bicyclic) bond motifs is 4. The highest BCUT2D eigenvalue weighted by Crippen LogP contribution is 2.40. The highest BCUT2D eigenvalue weighted by atomic mass is 14.7. The Balaban J connectivity index is 2.27. The largest absolute Gasteiger partial charge is 0.206 e. The van der Waals surface area contributed by atoms with E-state index in [1.165, 1.54) is 0 Å². The Kier molecular flexibility index (Phi) is 3.55. The third-order valence-electron chi connectivity index (χ3n) is 4.52. The van der Waals surface area contributed by atoms with Gasteiger partial charge in [-0.25, -0.2) is 0 Å². The average molecular weight is 330 g/mol. The van der Waals surface area contributed by atoms with Crippen molar-refractivity contribution in [2.45, 2.75) is 0 Å². The molecule has 0 spiro atoms. The quantitative estimate of drug-likeness (QED) is 0.355. The van der Waals surface area contributed by atoms with E-state index in [2.05, 4.69) is 4.99 Å². The monoisotopic (exact) mass is 330 g/mol. The Labute approximate surface area is 150 Å². The van der Waals surface area contributed by atoms with Gasteiger partial charge in [-0.05, 0) is 21.9 Å². The smallest absolute Gasteiger partial charge is 0.192 e. The molecule has 1 aliphatic carbocycles. The zero-order valence-electron chi connectivity index (χ0n) is 13.6. The van der Waals surface area contributed by atoms with Crippen LogP contribution in [-0.4, -0.2) is 5.71 Å². The Bertz CT molecular complexity index is 1240. The number of hydrogen-bond acceptors (Lipinski definition) is 4. The summed E-state index contributed by atoms with van der Waals surface area (Å²) >= 11 is 0. The van der Waals surface area contributed by atoms with E-state index in [4.69, 9.17) is 0 Å². The molecule has 0 bridgehead atoms. The maximum atomic E-state index is 9.50. The summed E-state index contributed by atoms with van der Waals surface area (Å²) in [5.74, 6) is 0. The molecule has 0 radical (unpaired) electrons. The molecule has 3 aromatic rings. The van der Waals surface area contributed by atoms with Crippen molar-refractivity contribution in [2.75, 3.05) is 0 Å². The number of allylic oxidation sites excluding steroid dienone is 1. The molecular formula is C22H10N4. The molecule has 3 aromatic carbocycles. The minimum absolute atomic E-state index is 0.0463. The van der Waals surface area contributed by atoms with Gasteiger partial charge in [0.15, 0.2) is 0 Å². The number of rotatable bonds is 0. The van der Waals surface area contributed by atoms with Gasteiger partial charge in [-0.3, -0.25) is 0 Å². The van der Waals surface area contributed by atoms with E-state index in [1.807, 2.05) is 79.0 Å². The number of hydrogen-bond donors (Lipinski definition) is 0. The number of benzene rings is 3. The van der Waals surface area contributed by atoms with Crippen LogP contribution in [0.4, 0.5) is 0 Å². The molecule has 0 saturated heterocycles. The van der Waals surface area contributed by atoms with E-state index < -0.39 is 0 Å². The minimum atomic E-state index is 0.0463. The van der Waals surface area contributed by atoms with E-state index in [0.29, 0.717) is 11.3 Å². The summed E-state index contributed by atoms with van der Waals surface area (Å²) < 4.78 is 0. The van der Waals surface area contributed by atoms with Crippen LogP contribution in [0.15, 0.2) is 71.2 Å². The first-order valence-electron chi connectivity index (χ1n) is 7.93. The molecule has 0 atom stereocenters. The summed E-state index contributed by atoms with van der Waals surface area (Å²) in [7, 11) is 0. The van der Waals surface area contributed by atoms with Gasteiger partial charge < -0.3 is 0 Å². The Morgan fingerprint density at radius 3 is 2.15 bits per heavy atom. The second-order valence-electron chi connectivity index (χ2n) is 5.79. The second-order valence-corrected chi connectivity index (χ2v) is 5.79. The molecule has 0 heterocycles. The third-order valence-corrected chi connectivity index (χ3v) is 4.52. The van der Waals surface area contributed by atoms with Crippen LogP contribution in [0.25, 0.3) is 16.3 Å². The van der Waals surface area contributed by atoms with Gasteiger partial charge in [-0.1, -0.05) is 60.7 Å². The molecule has 0 aliphatic heterocycles. The standard InChI is InChI=1S/C22H10N4/c23-11-15(12-24)20-17-7-3-4-8-18(17)22(26-13-25)21-16-6-2-1-5-14(16)9-10-19(20)21/h1-10H. The van der Waals surface area contributed by atoms with E-state index in [1.54, 1.807) is 0 Å². The number of nitrogens with zero attached hydrogens (tertiary/aromatic N) is 4. The van der Waals surface area contributed by atoms with Gasteiger partial charge in [0.1, 0.15) is 17.7 Å². The van der Waals surface area contributed by atoms with Crippen molar-refractivity contribution < 1.29 is 0 Å². The van der Waals surface area contributed by atoms with Crippen LogP contribution in [0.3, 0.4) is 0 Å². The third kappa shape index (κ3) is 2.09. The summed E-state index contributed by atoms with van der Waals surface area (Å²) in [5, 5.41) is 30.2. The lowest BCUT2D eigenvalue weighted by molar-refractivity contribution is 1.39. The van der Waals surface area contributed by atoms with Gasteiger partial charge in [-0.15, -0.1) is 0 Å². The maximum absolute atomic E-state index is 9.50. The summed E-state index contributed by atoms with van der Waals surface area (Å²) in [5.41, 5.74) is 4.20. The predicted molar refractivity (Wildman–Crippen MR) is 98.9 cm³/mol. The van der Waals surface area contributed by atoms with Gasteiger partial charge in [-0.2, -0.15) is 20.8 Å². The molecule has 118 valence electrons. The average Bonchev–Trinajstić information content (AvgIpc) is 2.70. The molecule has 1 aliphatic rings. The first kappa shape index (κ1) is 15.3. The summed E-state index contributed by atoms with van der Waals surface area (Å²) in [6, 6.07) is 23.1. The van der Waals surface area contributed by atoms with Crippen molar-refractivity contribution in [1.29, 1.82) is 15.8 Å². The van der Waals surface area contributed by atoms with Gasteiger partial charge >= 0.3 is 0 Å². The van der Waals surface area contributed by atoms with E-state index in [9.17, 15) is 15.8 Å².